The highest BCUT2D eigenvalue weighted by molar-refractivity contribution is 4.80. The van der Waals surface area contributed by atoms with Crippen LogP contribution in [0.3, 0.4) is 0 Å². The SMILES string of the molecule is CC(O)CC1CCC(C(C)(C)C)CC1. The van der Waals surface area contributed by atoms with E-state index in [-0.39, 0.29) is 6.10 Å². The van der Waals surface area contributed by atoms with Gasteiger partial charge in [-0.25, -0.2) is 0 Å². The van der Waals surface area contributed by atoms with Crippen molar-refractivity contribution in [3.63, 3.8) is 0 Å². The molecule has 1 unspecified atom stereocenters. The summed E-state index contributed by atoms with van der Waals surface area (Å²) in [7, 11) is 0. The molecule has 84 valence electrons. The summed E-state index contributed by atoms with van der Waals surface area (Å²) in [6.07, 6.45) is 6.28. The number of aliphatic hydroxyl groups is 1. The predicted molar refractivity (Wildman–Crippen MR) is 61.2 cm³/mol. The zero-order valence-corrected chi connectivity index (χ0v) is 10.2. The maximum atomic E-state index is 9.33. The van der Waals surface area contributed by atoms with E-state index in [1.807, 2.05) is 6.92 Å². The minimum atomic E-state index is -0.105. The Morgan fingerprint density at radius 2 is 1.64 bits per heavy atom. The van der Waals surface area contributed by atoms with E-state index in [0.29, 0.717) is 5.41 Å². The summed E-state index contributed by atoms with van der Waals surface area (Å²) in [5.74, 6) is 1.68. The molecule has 0 aliphatic heterocycles. The van der Waals surface area contributed by atoms with Crippen LogP contribution in [0, 0.1) is 17.3 Å². The van der Waals surface area contributed by atoms with Crippen molar-refractivity contribution in [1.82, 2.24) is 0 Å². The lowest BCUT2D eigenvalue weighted by Gasteiger charge is -2.37. The largest absolute Gasteiger partial charge is 0.393 e. The molecule has 1 atom stereocenters. The van der Waals surface area contributed by atoms with E-state index < -0.39 is 0 Å². The molecule has 1 N–H and O–H groups in total. The van der Waals surface area contributed by atoms with Crippen molar-refractivity contribution in [1.29, 1.82) is 0 Å². The second kappa shape index (κ2) is 4.65. The van der Waals surface area contributed by atoms with Gasteiger partial charge in [-0.1, -0.05) is 33.6 Å². The first kappa shape index (κ1) is 12.0. The molecule has 1 saturated carbocycles. The van der Waals surface area contributed by atoms with Crippen molar-refractivity contribution in [2.75, 3.05) is 0 Å². The van der Waals surface area contributed by atoms with Gasteiger partial charge in [-0.05, 0) is 43.4 Å². The molecular formula is C13H26O. The Kier molecular flexibility index (Phi) is 4.00. The van der Waals surface area contributed by atoms with Crippen molar-refractivity contribution in [3.05, 3.63) is 0 Å². The van der Waals surface area contributed by atoms with Crippen LogP contribution in [0.5, 0.6) is 0 Å². The molecule has 0 amide bonds. The lowest BCUT2D eigenvalue weighted by Crippen LogP contribution is -2.26. The van der Waals surface area contributed by atoms with Crippen molar-refractivity contribution < 1.29 is 5.11 Å². The monoisotopic (exact) mass is 198 g/mol. The molecule has 1 heteroatoms. The summed E-state index contributed by atoms with van der Waals surface area (Å²) in [4.78, 5) is 0. The Morgan fingerprint density at radius 3 is 2.00 bits per heavy atom. The molecule has 0 aromatic carbocycles. The predicted octanol–water partition coefficient (Wildman–Crippen LogP) is 3.61. The minimum absolute atomic E-state index is 0.105. The number of hydrogen-bond donors (Lipinski definition) is 1. The molecule has 0 aromatic rings. The van der Waals surface area contributed by atoms with Crippen molar-refractivity contribution >= 4 is 0 Å². The average Bonchev–Trinajstić information content (AvgIpc) is 2.02. The van der Waals surface area contributed by atoms with E-state index in [9.17, 15) is 5.11 Å². The van der Waals surface area contributed by atoms with Gasteiger partial charge in [0.15, 0.2) is 0 Å². The van der Waals surface area contributed by atoms with E-state index >= 15 is 0 Å². The first-order valence-electron chi connectivity index (χ1n) is 6.07. The fourth-order valence-corrected chi connectivity index (χ4v) is 2.75. The summed E-state index contributed by atoms with van der Waals surface area (Å²) in [5, 5.41) is 9.33. The summed E-state index contributed by atoms with van der Waals surface area (Å²) < 4.78 is 0. The molecule has 0 bridgehead atoms. The number of hydrogen-bond acceptors (Lipinski definition) is 1. The average molecular weight is 198 g/mol. The normalized spacial score (nSPS) is 31.5. The Labute approximate surface area is 88.9 Å². The standard InChI is InChI=1S/C13H26O/c1-10(14)9-11-5-7-12(8-6-11)13(2,3)4/h10-12,14H,5-9H2,1-4H3. The first-order chi connectivity index (χ1) is 6.39. The van der Waals surface area contributed by atoms with E-state index in [2.05, 4.69) is 20.8 Å². The molecule has 0 heterocycles. The fourth-order valence-electron chi connectivity index (χ4n) is 2.75. The van der Waals surface area contributed by atoms with Gasteiger partial charge < -0.3 is 5.11 Å². The van der Waals surface area contributed by atoms with Crippen LogP contribution in [0.25, 0.3) is 0 Å². The third-order valence-electron chi connectivity index (χ3n) is 3.75. The topological polar surface area (TPSA) is 20.2 Å². The van der Waals surface area contributed by atoms with Gasteiger partial charge in [-0.15, -0.1) is 0 Å². The van der Waals surface area contributed by atoms with Crippen LogP contribution >= 0.6 is 0 Å². The van der Waals surface area contributed by atoms with Crippen LogP contribution in [0.1, 0.15) is 59.8 Å². The molecule has 14 heavy (non-hydrogen) atoms. The van der Waals surface area contributed by atoms with Crippen LogP contribution in [0.15, 0.2) is 0 Å². The summed E-state index contributed by atoms with van der Waals surface area (Å²) in [6, 6.07) is 0. The van der Waals surface area contributed by atoms with E-state index in [1.54, 1.807) is 0 Å². The Balaban J connectivity index is 2.31. The van der Waals surface area contributed by atoms with E-state index in [1.165, 1.54) is 25.7 Å². The molecule has 1 fully saturated rings. The lowest BCUT2D eigenvalue weighted by molar-refractivity contribution is 0.108. The maximum absolute atomic E-state index is 9.33. The molecule has 1 rings (SSSR count). The van der Waals surface area contributed by atoms with Crippen molar-refractivity contribution in [2.45, 2.75) is 65.9 Å². The number of rotatable bonds is 2. The second-order valence-electron chi connectivity index (χ2n) is 6.17. The molecule has 0 aromatic heterocycles. The van der Waals surface area contributed by atoms with E-state index in [0.717, 1.165) is 18.3 Å². The van der Waals surface area contributed by atoms with Gasteiger partial charge in [0, 0.05) is 0 Å². The smallest absolute Gasteiger partial charge is 0.0514 e. The molecule has 1 aliphatic rings. The number of aliphatic hydroxyl groups excluding tert-OH is 1. The van der Waals surface area contributed by atoms with Crippen molar-refractivity contribution in [2.24, 2.45) is 17.3 Å². The van der Waals surface area contributed by atoms with Crippen LogP contribution in [0.2, 0.25) is 0 Å². The van der Waals surface area contributed by atoms with Crippen LogP contribution in [-0.2, 0) is 0 Å². The summed E-state index contributed by atoms with van der Waals surface area (Å²) in [5.41, 5.74) is 0.482. The van der Waals surface area contributed by atoms with Gasteiger partial charge in [0.2, 0.25) is 0 Å². The van der Waals surface area contributed by atoms with E-state index in [4.69, 9.17) is 0 Å². The van der Waals surface area contributed by atoms with Gasteiger partial charge in [0.05, 0.1) is 6.10 Å². The Bertz CT molecular complexity index is 159. The van der Waals surface area contributed by atoms with Gasteiger partial charge in [-0.2, -0.15) is 0 Å². The molecule has 0 spiro atoms. The van der Waals surface area contributed by atoms with Gasteiger partial charge in [0.25, 0.3) is 0 Å². The highest BCUT2D eigenvalue weighted by Crippen LogP contribution is 2.40. The van der Waals surface area contributed by atoms with Gasteiger partial charge >= 0.3 is 0 Å². The second-order valence-corrected chi connectivity index (χ2v) is 6.17. The maximum Gasteiger partial charge on any atom is 0.0514 e. The zero-order chi connectivity index (χ0) is 10.8. The van der Waals surface area contributed by atoms with Gasteiger partial charge in [-0.3, -0.25) is 0 Å². The third-order valence-corrected chi connectivity index (χ3v) is 3.75. The Morgan fingerprint density at radius 1 is 1.14 bits per heavy atom. The minimum Gasteiger partial charge on any atom is -0.393 e. The highest BCUT2D eigenvalue weighted by atomic mass is 16.3. The zero-order valence-electron chi connectivity index (χ0n) is 10.2. The molecule has 1 aliphatic carbocycles. The summed E-state index contributed by atoms with van der Waals surface area (Å²) >= 11 is 0. The first-order valence-corrected chi connectivity index (χ1v) is 6.07. The molecule has 0 radical (unpaired) electrons. The molecule has 1 nitrogen and oxygen atoms in total. The van der Waals surface area contributed by atoms with Crippen LogP contribution in [0.4, 0.5) is 0 Å². The van der Waals surface area contributed by atoms with Crippen LogP contribution in [-0.4, -0.2) is 11.2 Å². The third kappa shape index (κ3) is 3.61. The van der Waals surface area contributed by atoms with Gasteiger partial charge in [0.1, 0.15) is 0 Å². The molecule has 0 saturated heterocycles. The highest BCUT2D eigenvalue weighted by Gasteiger charge is 2.29. The van der Waals surface area contributed by atoms with Crippen molar-refractivity contribution in [3.8, 4) is 0 Å². The fraction of sp³-hybridized carbons (Fsp3) is 1.00. The molecular weight excluding hydrogens is 172 g/mol. The van der Waals surface area contributed by atoms with Crippen LogP contribution < -0.4 is 0 Å². The summed E-state index contributed by atoms with van der Waals surface area (Å²) in [6.45, 7) is 8.97. The quantitative estimate of drug-likeness (QED) is 0.718. The Hall–Kier alpha value is -0.0400. The lowest BCUT2D eigenvalue weighted by atomic mass is 9.69.